The summed E-state index contributed by atoms with van der Waals surface area (Å²) in [7, 11) is 2.20. The summed E-state index contributed by atoms with van der Waals surface area (Å²) in [5, 5.41) is 4.82. The molecule has 3 heteroatoms. The molecule has 1 aromatic heterocycles. The van der Waals surface area contributed by atoms with E-state index >= 15 is 0 Å². The molecule has 0 bridgehead atoms. The van der Waals surface area contributed by atoms with Gasteiger partial charge in [-0.1, -0.05) is 11.6 Å². The van der Waals surface area contributed by atoms with Gasteiger partial charge in [-0.05, 0) is 54.4 Å². The Morgan fingerprint density at radius 2 is 2.11 bits per heavy atom. The summed E-state index contributed by atoms with van der Waals surface area (Å²) in [6.45, 7) is 6.61. The third-order valence-corrected chi connectivity index (χ3v) is 4.88. The molecule has 1 atom stereocenters. The van der Waals surface area contributed by atoms with Gasteiger partial charge in [-0.15, -0.1) is 0 Å². The van der Waals surface area contributed by atoms with Crippen LogP contribution < -0.4 is 5.32 Å². The molecule has 1 N–H and O–H groups in total. The molecule has 1 fully saturated rings. The summed E-state index contributed by atoms with van der Waals surface area (Å²) in [6.07, 6.45) is 1.24. The number of aryl methyl sites for hydroxylation is 3. The lowest BCUT2D eigenvalue weighted by Crippen LogP contribution is -2.10. The molecule has 0 saturated carbocycles. The highest BCUT2D eigenvalue weighted by molar-refractivity contribution is 9.10. The van der Waals surface area contributed by atoms with Gasteiger partial charge in [-0.25, -0.2) is 0 Å². The van der Waals surface area contributed by atoms with E-state index in [1.165, 1.54) is 38.6 Å². The van der Waals surface area contributed by atoms with Crippen molar-refractivity contribution in [1.82, 2.24) is 9.88 Å². The maximum Gasteiger partial charge on any atom is 0.0521 e. The van der Waals surface area contributed by atoms with Crippen LogP contribution in [-0.4, -0.2) is 17.7 Å². The smallest absolute Gasteiger partial charge is 0.0521 e. The van der Waals surface area contributed by atoms with Crippen LogP contribution >= 0.6 is 15.9 Å². The number of halogens is 1. The molecule has 0 aliphatic carbocycles. The molecular formula is C15H19BrN2. The average Bonchev–Trinajstić information content (AvgIpc) is 2.87. The van der Waals surface area contributed by atoms with Crippen LogP contribution in [0.3, 0.4) is 0 Å². The molecule has 2 aromatic rings. The number of benzene rings is 1. The zero-order valence-electron chi connectivity index (χ0n) is 11.2. The summed E-state index contributed by atoms with van der Waals surface area (Å²) < 4.78 is 3.67. The SMILES string of the molecule is Cc1cc(C)c2c(c1)c(Br)c(C1CCNC1)n2C. The standard InChI is InChI=1S/C15H19BrN2/c1-9-6-10(2)14-12(7-9)13(16)15(18(14)3)11-4-5-17-8-11/h6-7,11,17H,4-5,8H2,1-3H3. The highest BCUT2D eigenvalue weighted by atomic mass is 79.9. The van der Waals surface area contributed by atoms with Crippen molar-refractivity contribution in [1.29, 1.82) is 0 Å². The molecule has 0 radical (unpaired) electrons. The third-order valence-electron chi connectivity index (χ3n) is 4.05. The van der Waals surface area contributed by atoms with Crippen LogP contribution in [0.15, 0.2) is 16.6 Å². The minimum atomic E-state index is 0.636. The molecule has 0 amide bonds. The molecule has 2 nitrogen and oxygen atoms in total. The van der Waals surface area contributed by atoms with Gasteiger partial charge in [0.15, 0.2) is 0 Å². The number of aromatic nitrogens is 1. The van der Waals surface area contributed by atoms with Gasteiger partial charge in [0.05, 0.1) is 5.52 Å². The summed E-state index contributed by atoms with van der Waals surface area (Å²) in [4.78, 5) is 0. The Balaban J connectivity index is 2.30. The molecule has 1 aromatic carbocycles. The van der Waals surface area contributed by atoms with Crippen LogP contribution in [0.2, 0.25) is 0 Å². The minimum Gasteiger partial charge on any atom is -0.346 e. The predicted octanol–water partition coefficient (Wildman–Crippen LogP) is 3.63. The molecule has 1 saturated heterocycles. The largest absolute Gasteiger partial charge is 0.346 e. The van der Waals surface area contributed by atoms with Gasteiger partial charge in [-0.3, -0.25) is 0 Å². The Labute approximate surface area is 116 Å². The second kappa shape index (κ2) is 4.39. The van der Waals surface area contributed by atoms with Crippen molar-refractivity contribution in [2.75, 3.05) is 13.1 Å². The fraction of sp³-hybridized carbons (Fsp3) is 0.467. The van der Waals surface area contributed by atoms with Crippen molar-refractivity contribution in [3.05, 3.63) is 33.4 Å². The van der Waals surface area contributed by atoms with E-state index < -0.39 is 0 Å². The number of fused-ring (bicyclic) bond motifs is 1. The zero-order chi connectivity index (χ0) is 12.9. The van der Waals surface area contributed by atoms with E-state index in [1.807, 2.05) is 0 Å². The van der Waals surface area contributed by atoms with E-state index in [-0.39, 0.29) is 0 Å². The summed E-state index contributed by atoms with van der Waals surface area (Å²) in [6, 6.07) is 4.56. The average molecular weight is 307 g/mol. The molecule has 3 rings (SSSR count). The lowest BCUT2D eigenvalue weighted by molar-refractivity contribution is 0.690. The molecule has 1 aliphatic heterocycles. The Morgan fingerprint density at radius 1 is 1.33 bits per heavy atom. The van der Waals surface area contributed by atoms with Crippen molar-refractivity contribution in [3.63, 3.8) is 0 Å². The number of nitrogens with one attached hydrogen (secondary N) is 1. The highest BCUT2D eigenvalue weighted by Crippen LogP contribution is 2.38. The summed E-state index contributed by atoms with van der Waals surface area (Å²) in [5.74, 6) is 0.636. The lowest BCUT2D eigenvalue weighted by Gasteiger charge is -2.12. The maximum absolute atomic E-state index is 3.83. The van der Waals surface area contributed by atoms with E-state index in [0.29, 0.717) is 5.92 Å². The second-order valence-electron chi connectivity index (χ2n) is 5.43. The summed E-state index contributed by atoms with van der Waals surface area (Å²) in [5.41, 5.74) is 5.52. The molecule has 1 aliphatic rings. The number of hydrogen-bond donors (Lipinski definition) is 1. The van der Waals surface area contributed by atoms with Gasteiger partial charge in [-0.2, -0.15) is 0 Å². The Morgan fingerprint density at radius 3 is 2.78 bits per heavy atom. The van der Waals surface area contributed by atoms with Crippen molar-refractivity contribution in [2.45, 2.75) is 26.2 Å². The van der Waals surface area contributed by atoms with Crippen molar-refractivity contribution < 1.29 is 0 Å². The van der Waals surface area contributed by atoms with Crippen LogP contribution in [0.5, 0.6) is 0 Å². The molecule has 0 spiro atoms. The van der Waals surface area contributed by atoms with Gasteiger partial charge in [0.1, 0.15) is 0 Å². The van der Waals surface area contributed by atoms with Crippen molar-refractivity contribution in [3.8, 4) is 0 Å². The first kappa shape index (κ1) is 12.2. The topological polar surface area (TPSA) is 17.0 Å². The lowest BCUT2D eigenvalue weighted by atomic mass is 10.0. The first-order chi connectivity index (χ1) is 8.59. The minimum absolute atomic E-state index is 0.636. The fourth-order valence-electron chi connectivity index (χ4n) is 3.32. The van der Waals surface area contributed by atoms with E-state index in [4.69, 9.17) is 0 Å². The molecule has 2 heterocycles. The van der Waals surface area contributed by atoms with Crippen LogP contribution in [-0.2, 0) is 7.05 Å². The molecule has 18 heavy (non-hydrogen) atoms. The van der Waals surface area contributed by atoms with Gasteiger partial charge in [0.25, 0.3) is 0 Å². The first-order valence-corrected chi connectivity index (χ1v) is 7.34. The highest BCUT2D eigenvalue weighted by Gasteiger charge is 2.25. The van der Waals surface area contributed by atoms with Gasteiger partial charge in [0.2, 0.25) is 0 Å². The Kier molecular flexibility index (Phi) is 2.99. The van der Waals surface area contributed by atoms with Crippen LogP contribution in [0.1, 0.15) is 29.2 Å². The predicted molar refractivity (Wildman–Crippen MR) is 80.3 cm³/mol. The number of rotatable bonds is 1. The van der Waals surface area contributed by atoms with Crippen LogP contribution in [0.4, 0.5) is 0 Å². The Hall–Kier alpha value is -0.800. The maximum atomic E-state index is 3.83. The van der Waals surface area contributed by atoms with E-state index in [2.05, 4.69) is 58.8 Å². The second-order valence-corrected chi connectivity index (χ2v) is 6.22. The Bertz CT molecular complexity index is 607. The van der Waals surface area contributed by atoms with Gasteiger partial charge in [0, 0.05) is 35.1 Å². The van der Waals surface area contributed by atoms with Gasteiger partial charge >= 0.3 is 0 Å². The monoisotopic (exact) mass is 306 g/mol. The van der Waals surface area contributed by atoms with Crippen LogP contribution in [0.25, 0.3) is 10.9 Å². The van der Waals surface area contributed by atoms with E-state index in [0.717, 1.165) is 13.1 Å². The quantitative estimate of drug-likeness (QED) is 0.851. The first-order valence-electron chi connectivity index (χ1n) is 6.55. The van der Waals surface area contributed by atoms with Crippen molar-refractivity contribution >= 4 is 26.8 Å². The van der Waals surface area contributed by atoms with Crippen molar-refractivity contribution in [2.24, 2.45) is 7.05 Å². The third kappa shape index (κ3) is 1.72. The van der Waals surface area contributed by atoms with Crippen LogP contribution in [0, 0.1) is 13.8 Å². The number of nitrogens with zero attached hydrogens (tertiary/aromatic N) is 1. The fourth-order valence-corrected chi connectivity index (χ4v) is 4.21. The molecule has 96 valence electrons. The molecular weight excluding hydrogens is 288 g/mol. The van der Waals surface area contributed by atoms with E-state index in [1.54, 1.807) is 0 Å². The number of hydrogen-bond acceptors (Lipinski definition) is 1. The normalized spacial score (nSPS) is 19.9. The van der Waals surface area contributed by atoms with E-state index in [9.17, 15) is 0 Å². The molecule has 1 unspecified atom stereocenters. The zero-order valence-corrected chi connectivity index (χ0v) is 12.8. The van der Waals surface area contributed by atoms with Gasteiger partial charge < -0.3 is 9.88 Å². The summed E-state index contributed by atoms with van der Waals surface area (Å²) >= 11 is 3.83.